The van der Waals surface area contributed by atoms with Gasteiger partial charge in [0.15, 0.2) is 0 Å². The van der Waals surface area contributed by atoms with Crippen LogP contribution >= 0.6 is 11.7 Å². The normalized spacial score (nSPS) is 10.8. The van der Waals surface area contributed by atoms with E-state index in [0.717, 1.165) is 22.8 Å². The van der Waals surface area contributed by atoms with E-state index < -0.39 is 0 Å². The van der Waals surface area contributed by atoms with Gasteiger partial charge in [0.05, 0.1) is 18.3 Å². The van der Waals surface area contributed by atoms with Gasteiger partial charge >= 0.3 is 0 Å². The van der Waals surface area contributed by atoms with E-state index in [9.17, 15) is 4.79 Å². The Morgan fingerprint density at radius 2 is 1.92 bits per heavy atom. The van der Waals surface area contributed by atoms with Crippen LogP contribution in [-0.4, -0.2) is 24.8 Å². The van der Waals surface area contributed by atoms with E-state index in [0.29, 0.717) is 22.8 Å². The van der Waals surface area contributed by atoms with E-state index >= 15 is 0 Å². The second kappa shape index (κ2) is 6.17. The molecule has 0 aliphatic carbocycles. The summed E-state index contributed by atoms with van der Waals surface area (Å²) in [5.74, 6) is 0.609. The summed E-state index contributed by atoms with van der Waals surface area (Å²) in [7, 11) is 0. The fraction of sp³-hybridized carbons (Fsp3) is 0.0625. The molecule has 0 bridgehead atoms. The van der Waals surface area contributed by atoms with Crippen molar-refractivity contribution in [3.05, 3.63) is 60.0 Å². The van der Waals surface area contributed by atoms with Gasteiger partial charge in [-0.15, -0.1) is 0 Å². The van der Waals surface area contributed by atoms with Crippen molar-refractivity contribution in [1.82, 2.24) is 24.2 Å². The molecule has 0 atom stereocenters. The molecular formula is C16H11N5O2S. The molecule has 0 radical (unpaired) electrons. The predicted octanol–water partition coefficient (Wildman–Crippen LogP) is 2.67. The van der Waals surface area contributed by atoms with Gasteiger partial charge in [-0.2, -0.15) is 13.7 Å². The van der Waals surface area contributed by atoms with Gasteiger partial charge in [0.1, 0.15) is 11.0 Å². The maximum Gasteiger partial charge on any atom is 0.251 e. The van der Waals surface area contributed by atoms with E-state index in [1.165, 1.54) is 0 Å². The Morgan fingerprint density at radius 3 is 2.79 bits per heavy atom. The van der Waals surface area contributed by atoms with Gasteiger partial charge in [0, 0.05) is 11.1 Å². The first-order valence-electron chi connectivity index (χ1n) is 7.18. The molecule has 0 unspecified atom stereocenters. The molecule has 0 aliphatic rings. The molecule has 8 heteroatoms. The van der Waals surface area contributed by atoms with Crippen LogP contribution in [0.15, 0.2) is 53.1 Å². The molecule has 118 valence electrons. The van der Waals surface area contributed by atoms with Crippen molar-refractivity contribution >= 4 is 28.7 Å². The van der Waals surface area contributed by atoms with Crippen LogP contribution in [0.5, 0.6) is 0 Å². The van der Waals surface area contributed by atoms with Crippen molar-refractivity contribution in [2.24, 2.45) is 0 Å². The Kier molecular flexibility index (Phi) is 3.72. The number of nitrogens with zero attached hydrogens (tertiary/aromatic N) is 4. The Hall–Kier alpha value is -3.13. The molecule has 2 aromatic carbocycles. The fourth-order valence-corrected chi connectivity index (χ4v) is 2.73. The number of rotatable bonds is 4. The van der Waals surface area contributed by atoms with E-state index in [1.807, 2.05) is 30.3 Å². The van der Waals surface area contributed by atoms with Crippen molar-refractivity contribution < 1.29 is 9.32 Å². The van der Waals surface area contributed by atoms with Crippen molar-refractivity contribution in [3.8, 4) is 11.4 Å². The Morgan fingerprint density at radius 1 is 1.08 bits per heavy atom. The van der Waals surface area contributed by atoms with Crippen molar-refractivity contribution in [2.45, 2.75) is 6.54 Å². The molecule has 0 fully saturated rings. The minimum absolute atomic E-state index is 0.159. The Labute approximate surface area is 140 Å². The summed E-state index contributed by atoms with van der Waals surface area (Å²) in [6, 6.07) is 14.7. The van der Waals surface area contributed by atoms with Gasteiger partial charge in [-0.05, 0) is 18.2 Å². The van der Waals surface area contributed by atoms with Gasteiger partial charge in [-0.3, -0.25) is 4.79 Å². The predicted molar refractivity (Wildman–Crippen MR) is 88.3 cm³/mol. The highest BCUT2D eigenvalue weighted by molar-refractivity contribution is 7.00. The number of carbonyl (C=O) groups is 1. The lowest BCUT2D eigenvalue weighted by atomic mass is 10.2. The number of fused-ring (bicyclic) bond motifs is 1. The van der Waals surface area contributed by atoms with Crippen LogP contribution < -0.4 is 5.32 Å². The van der Waals surface area contributed by atoms with Crippen LogP contribution in [0.1, 0.15) is 16.2 Å². The third-order valence-electron chi connectivity index (χ3n) is 3.42. The molecule has 24 heavy (non-hydrogen) atoms. The molecule has 0 aliphatic heterocycles. The molecule has 2 heterocycles. The first kappa shape index (κ1) is 14.5. The maximum atomic E-state index is 12.2. The molecular weight excluding hydrogens is 326 g/mol. The van der Waals surface area contributed by atoms with Gasteiger partial charge in [-0.25, -0.2) is 0 Å². The molecule has 4 aromatic rings. The highest BCUT2D eigenvalue weighted by Crippen LogP contribution is 2.15. The molecule has 1 N–H and O–H groups in total. The summed E-state index contributed by atoms with van der Waals surface area (Å²) in [5.41, 5.74) is 2.86. The van der Waals surface area contributed by atoms with E-state index in [-0.39, 0.29) is 12.5 Å². The summed E-state index contributed by atoms with van der Waals surface area (Å²) in [5, 5.41) is 6.67. The third-order valence-corrected chi connectivity index (χ3v) is 3.97. The molecule has 2 aromatic heterocycles. The second-order valence-electron chi connectivity index (χ2n) is 5.03. The van der Waals surface area contributed by atoms with Gasteiger partial charge in [0.2, 0.25) is 11.7 Å². The van der Waals surface area contributed by atoms with Crippen LogP contribution in [-0.2, 0) is 6.54 Å². The minimum Gasteiger partial charge on any atom is -0.343 e. The molecule has 1 amide bonds. The summed E-state index contributed by atoms with van der Waals surface area (Å²) in [6.45, 7) is 0.159. The largest absolute Gasteiger partial charge is 0.343 e. The summed E-state index contributed by atoms with van der Waals surface area (Å²) < 4.78 is 13.4. The highest BCUT2D eigenvalue weighted by atomic mass is 32.1. The van der Waals surface area contributed by atoms with Crippen LogP contribution in [0.4, 0.5) is 0 Å². The topological polar surface area (TPSA) is 93.8 Å². The number of nitrogens with one attached hydrogen (secondary N) is 1. The lowest BCUT2D eigenvalue weighted by Gasteiger charge is -2.01. The Balaban J connectivity index is 1.45. The van der Waals surface area contributed by atoms with Gasteiger partial charge in [-0.1, -0.05) is 35.5 Å². The smallest absolute Gasteiger partial charge is 0.251 e. The van der Waals surface area contributed by atoms with E-state index in [1.54, 1.807) is 18.2 Å². The molecule has 0 saturated carbocycles. The van der Waals surface area contributed by atoms with Crippen LogP contribution in [0.25, 0.3) is 22.4 Å². The summed E-state index contributed by atoms with van der Waals surface area (Å²) in [6.07, 6.45) is 0. The van der Waals surface area contributed by atoms with E-state index in [2.05, 4.69) is 24.2 Å². The zero-order chi connectivity index (χ0) is 16.4. The number of amides is 1. The molecule has 4 rings (SSSR count). The van der Waals surface area contributed by atoms with Gasteiger partial charge in [0.25, 0.3) is 5.91 Å². The lowest BCUT2D eigenvalue weighted by Crippen LogP contribution is -2.22. The monoisotopic (exact) mass is 337 g/mol. The Bertz CT molecular complexity index is 996. The average Bonchev–Trinajstić information content (AvgIpc) is 3.29. The summed E-state index contributed by atoms with van der Waals surface area (Å²) in [4.78, 5) is 16.5. The van der Waals surface area contributed by atoms with Crippen LogP contribution in [0.2, 0.25) is 0 Å². The van der Waals surface area contributed by atoms with Crippen molar-refractivity contribution in [2.75, 3.05) is 0 Å². The standard InChI is InChI=1S/C16H11N5O2S/c22-16(11-6-7-12-13(8-11)21-24-20-12)17-9-14-18-15(19-23-14)10-4-2-1-3-5-10/h1-8H,9H2,(H,17,22). The quantitative estimate of drug-likeness (QED) is 0.615. The number of benzene rings is 2. The van der Waals surface area contributed by atoms with Gasteiger partial charge < -0.3 is 9.84 Å². The van der Waals surface area contributed by atoms with Crippen LogP contribution in [0.3, 0.4) is 0 Å². The SMILES string of the molecule is O=C(NCc1nc(-c2ccccc2)no1)c1ccc2nsnc2c1. The zero-order valence-electron chi connectivity index (χ0n) is 12.3. The lowest BCUT2D eigenvalue weighted by molar-refractivity contribution is 0.0946. The number of carbonyl (C=O) groups excluding carboxylic acids is 1. The van der Waals surface area contributed by atoms with E-state index in [4.69, 9.17) is 4.52 Å². The maximum absolute atomic E-state index is 12.2. The number of aromatic nitrogens is 4. The fourth-order valence-electron chi connectivity index (χ4n) is 2.21. The average molecular weight is 337 g/mol. The van der Waals surface area contributed by atoms with Crippen LogP contribution in [0, 0.1) is 0 Å². The second-order valence-corrected chi connectivity index (χ2v) is 5.56. The zero-order valence-corrected chi connectivity index (χ0v) is 13.2. The van der Waals surface area contributed by atoms with Crippen molar-refractivity contribution in [3.63, 3.8) is 0 Å². The third kappa shape index (κ3) is 2.86. The summed E-state index contributed by atoms with van der Waals surface area (Å²) >= 11 is 1.12. The first-order valence-corrected chi connectivity index (χ1v) is 7.91. The number of hydrogen-bond acceptors (Lipinski definition) is 7. The molecule has 7 nitrogen and oxygen atoms in total. The van der Waals surface area contributed by atoms with Crippen molar-refractivity contribution in [1.29, 1.82) is 0 Å². The number of hydrogen-bond donors (Lipinski definition) is 1. The molecule has 0 spiro atoms. The minimum atomic E-state index is -0.232. The first-order chi connectivity index (χ1) is 11.8. The molecule has 0 saturated heterocycles. The highest BCUT2D eigenvalue weighted by Gasteiger charge is 2.12.